The fourth-order valence-corrected chi connectivity index (χ4v) is 3.25. The number of fused-ring (bicyclic) bond motifs is 1. The second-order valence-electron chi connectivity index (χ2n) is 6.14. The van der Waals surface area contributed by atoms with Crippen LogP contribution in [-0.4, -0.2) is 16.6 Å². The van der Waals surface area contributed by atoms with Gasteiger partial charge in [-0.3, -0.25) is 0 Å². The molecule has 4 rings (SSSR count). The molecule has 26 heavy (non-hydrogen) atoms. The van der Waals surface area contributed by atoms with E-state index in [1.54, 1.807) is 0 Å². The average Bonchev–Trinajstić information content (AvgIpc) is 3.13. The van der Waals surface area contributed by atoms with Gasteiger partial charge in [-0.05, 0) is 36.1 Å². The van der Waals surface area contributed by atoms with Crippen molar-refractivity contribution >= 4 is 16.7 Å². The van der Waals surface area contributed by atoms with Crippen LogP contribution in [0, 0.1) is 0 Å². The molecule has 2 aromatic carbocycles. The summed E-state index contributed by atoms with van der Waals surface area (Å²) in [6, 6.07) is 14.8. The summed E-state index contributed by atoms with van der Waals surface area (Å²) in [7, 11) is 1.96. The lowest BCUT2D eigenvalue weighted by Crippen LogP contribution is -2.00. The Bertz CT molecular complexity index is 923. The molecule has 0 saturated heterocycles. The molecule has 1 aliphatic rings. The fraction of sp³-hybridized carbons (Fsp3) is 0.261. The Labute approximate surface area is 157 Å². The number of hydrogen-bond donors (Lipinski definition) is 1. The standard InChI is InChI=1S/C21H21N3.C2H6.H2/c1-22-18-12-19(17-10-6-3-7-11-17)21-20(13-18)24(15-23-21)14-16-8-4-2-5-9-16;1-2;/h3-4,6-13,15,22H,2,5,14H2,1H3;1-2H3;1H. The molecule has 0 saturated carbocycles. The highest BCUT2D eigenvalue weighted by Gasteiger charge is 2.12. The predicted molar refractivity (Wildman–Crippen MR) is 115 cm³/mol. The highest BCUT2D eigenvalue weighted by molar-refractivity contribution is 5.95. The lowest BCUT2D eigenvalue weighted by atomic mass is 10.0. The third kappa shape index (κ3) is 3.72. The van der Waals surface area contributed by atoms with Crippen molar-refractivity contribution in [2.45, 2.75) is 33.2 Å². The second kappa shape index (κ2) is 8.52. The SMILES string of the molecule is CC.CNc1cc(-c2ccccc2)c2ncn(CC3=CCCC=C3)c2c1.[HH]. The van der Waals surface area contributed by atoms with Crippen molar-refractivity contribution in [2.24, 2.45) is 0 Å². The lowest BCUT2D eigenvalue weighted by molar-refractivity contribution is 0.809. The van der Waals surface area contributed by atoms with E-state index in [4.69, 9.17) is 4.98 Å². The fourth-order valence-electron chi connectivity index (χ4n) is 3.25. The van der Waals surface area contributed by atoms with Crippen LogP contribution >= 0.6 is 0 Å². The van der Waals surface area contributed by atoms with E-state index < -0.39 is 0 Å². The Morgan fingerprint density at radius 3 is 2.62 bits per heavy atom. The molecule has 0 spiro atoms. The van der Waals surface area contributed by atoms with Gasteiger partial charge in [-0.25, -0.2) is 4.98 Å². The summed E-state index contributed by atoms with van der Waals surface area (Å²) in [4.78, 5) is 4.72. The maximum absolute atomic E-state index is 4.72. The first-order valence-electron chi connectivity index (χ1n) is 9.43. The first-order valence-corrected chi connectivity index (χ1v) is 9.43. The Hall–Kier alpha value is -2.81. The van der Waals surface area contributed by atoms with Crippen LogP contribution in [0.2, 0.25) is 0 Å². The lowest BCUT2D eigenvalue weighted by Gasteiger charge is -2.11. The largest absolute Gasteiger partial charge is 0.388 e. The van der Waals surface area contributed by atoms with E-state index in [0.717, 1.165) is 30.6 Å². The van der Waals surface area contributed by atoms with Crippen LogP contribution in [-0.2, 0) is 6.54 Å². The maximum atomic E-state index is 4.72. The van der Waals surface area contributed by atoms with Crippen LogP contribution in [0.1, 0.15) is 28.1 Å². The van der Waals surface area contributed by atoms with Crippen molar-refractivity contribution in [2.75, 3.05) is 12.4 Å². The molecule has 1 aromatic heterocycles. The van der Waals surface area contributed by atoms with E-state index in [1.165, 1.54) is 22.2 Å². The minimum Gasteiger partial charge on any atom is -0.388 e. The van der Waals surface area contributed by atoms with Crippen LogP contribution < -0.4 is 5.32 Å². The molecule has 0 bridgehead atoms. The van der Waals surface area contributed by atoms with Crippen molar-refractivity contribution in [3.05, 3.63) is 72.6 Å². The maximum Gasteiger partial charge on any atom is 0.0964 e. The van der Waals surface area contributed by atoms with E-state index in [1.807, 2.05) is 33.3 Å². The van der Waals surface area contributed by atoms with Gasteiger partial charge in [0.1, 0.15) is 0 Å². The number of benzene rings is 2. The van der Waals surface area contributed by atoms with Gasteiger partial charge in [-0.15, -0.1) is 0 Å². The van der Waals surface area contributed by atoms with E-state index >= 15 is 0 Å². The number of nitrogens with one attached hydrogen (secondary N) is 1. The zero-order valence-electron chi connectivity index (χ0n) is 15.9. The van der Waals surface area contributed by atoms with Gasteiger partial charge in [-0.2, -0.15) is 0 Å². The van der Waals surface area contributed by atoms with Gasteiger partial charge in [0, 0.05) is 26.3 Å². The smallest absolute Gasteiger partial charge is 0.0964 e. The molecule has 0 amide bonds. The van der Waals surface area contributed by atoms with Gasteiger partial charge in [0.25, 0.3) is 0 Å². The van der Waals surface area contributed by atoms with Crippen molar-refractivity contribution in [1.82, 2.24) is 9.55 Å². The number of anilines is 1. The summed E-state index contributed by atoms with van der Waals surface area (Å²) in [5.41, 5.74) is 7.06. The normalized spacial score (nSPS) is 13.1. The molecule has 3 heteroatoms. The molecule has 0 unspecified atom stereocenters. The zero-order chi connectivity index (χ0) is 18.4. The monoisotopic (exact) mass is 347 g/mol. The number of hydrogen-bond acceptors (Lipinski definition) is 2. The van der Waals surface area contributed by atoms with Crippen molar-refractivity contribution in [3.8, 4) is 11.1 Å². The summed E-state index contributed by atoms with van der Waals surface area (Å²) in [6.45, 7) is 4.87. The van der Waals surface area contributed by atoms with E-state index in [-0.39, 0.29) is 1.43 Å². The highest BCUT2D eigenvalue weighted by Crippen LogP contribution is 2.31. The summed E-state index contributed by atoms with van der Waals surface area (Å²) >= 11 is 0. The third-order valence-corrected chi connectivity index (χ3v) is 4.52. The molecule has 136 valence electrons. The zero-order valence-corrected chi connectivity index (χ0v) is 15.9. The molecule has 1 heterocycles. The molecule has 0 radical (unpaired) electrons. The Kier molecular flexibility index (Phi) is 5.90. The quantitative estimate of drug-likeness (QED) is 0.600. The van der Waals surface area contributed by atoms with Crippen molar-refractivity contribution in [1.29, 1.82) is 0 Å². The van der Waals surface area contributed by atoms with Gasteiger partial charge >= 0.3 is 0 Å². The van der Waals surface area contributed by atoms with Crippen molar-refractivity contribution < 1.29 is 1.43 Å². The second-order valence-corrected chi connectivity index (χ2v) is 6.14. The van der Waals surface area contributed by atoms with Gasteiger partial charge in [0.15, 0.2) is 0 Å². The molecule has 0 atom stereocenters. The average molecular weight is 348 g/mol. The Morgan fingerprint density at radius 2 is 1.92 bits per heavy atom. The third-order valence-electron chi connectivity index (χ3n) is 4.52. The Morgan fingerprint density at radius 1 is 1.12 bits per heavy atom. The van der Waals surface area contributed by atoms with Gasteiger partial charge in [-0.1, -0.05) is 62.4 Å². The number of allylic oxidation sites excluding steroid dienone is 4. The summed E-state index contributed by atoms with van der Waals surface area (Å²) in [5.74, 6) is 0. The first kappa shape index (κ1) is 18.0. The van der Waals surface area contributed by atoms with Crippen LogP contribution in [0.3, 0.4) is 0 Å². The van der Waals surface area contributed by atoms with Gasteiger partial charge in [0.05, 0.1) is 17.4 Å². The van der Waals surface area contributed by atoms with Crippen LogP contribution in [0.4, 0.5) is 5.69 Å². The minimum atomic E-state index is 0. The summed E-state index contributed by atoms with van der Waals surface area (Å²) in [6.07, 6.45) is 11.1. The first-order chi connectivity index (χ1) is 12.8. The molecular formula is C23H29N3. The molecule has 1 N–H and O–H groups in total. The van der Waals surface area contributed by atoms with E-state index in [2.05, 4.69) is 64.5 Å². The molecule has 3 aromatic rings. The minimum absolute atomic E-state index is 0. The topological polar surface area (TPSA) is 29.9 Å². The van der Waals surface area contributed by atoms with Crippen LogP contribution in [0.15, 0.2) is 72.6 Å². The van der Waals surface area contributed by atoms with Crippen molar-refractivity contribution in [3.63, 3.8) is 0 Å². The number of rotatable bonds is 4. The van der Waals surface area contributed by atoms with Gasteiger partial charge < -0.3 is 9.88 Å². The van der Waals surface area contributed by atoms with E-state index in [0.29, 0.717) is 0 Å². The molecule has 1 aliphatic carbocycles. The van der Waals surface area contributed by atoms with Crippen LogP contribution in [0.5, 0.6) is 0 Å². The van der Waals surface area contributed by atoms with Crippen LogP contribution in [0.25, 0.3) is 22.2 Å². The van der Waals surface area contributed by atoms with E-state index in [9.17, 15) is 0 Å². The molecule has 0 aliphatic heterocycles. The highest BCUT2D eigenvalue weighted by atomic mass is 15.0. The molecule has 0 fully saturated rings. The summed E-state index contributed by atoms with van der Waals surface area (Å²) < 4.78 is 2.24. The molecule has 3 nitrogen and oxygen atoms in total. The molecular weight excluding hydrogens is 318 g/mol. The predicted octanol–water partition coefficient (Wildman–Crippen LogP) is 6.29. The number of imidazole rings is 1. The van der Waals surface area contributed by atoms with Gasteiger partial charge in [0.2, 0.25) is 0 Å². The number of aromatic nitrogens is 2. The number of nitrogens with zero attached hydrogens (tertiary/aromatic N) is 2. The summed E-state index contributed by atoms with van der Waals surface area (Å²) in [5, 5.41) is 3.28. The Balaban J connectivity index is 0.000000844.